The first kappa shape index (κ1) is 24.6. The molecular weight excluding hydrogens is 414 g/mol. The zero-order valence-corrected chi connectivity index (χ0v) is 18.9. The Morgan fingerprint density at radius 3 is 2.38 bits per heavy atom. The van der Waals surface area contributed by atoms with E-state index >= 15 is 0 Å². The molecule has 9 heteroatoms. The molecule has 2 amide bonds. The van der Waals surface area contributed by atoms with Gasteiger partial charge >= 0.3 is 12.0 Å². The van der Waals surface area contributed by atoms with Crippen LogP contribution in [0.15, 0.2) is 42.5 Å². The molecule has 32 heavy (non-hydrogen) atoms. The molecule has 0 saturated carbocycles. The third kappa shape index (κ3) is 6.69. The van der Waals surface area contributed by atoms with Crippen LogP contribution in [0, 0.1) is 17.0 Å². The number of carbonyl (C=O) groups is 2. The summed E-state index contributed by atoms with van der Waals surface area (Å²) in [6.07, 6.45) is -0.602. The fourth-order valence-electron chi connectivity index (χ4n) is 3.33. The second kappa shape index (κ2) is 11.1. The first-order chi connectivity index (χ1) is 15.1. The molecule has 0 aliphatic rings. The molecule has 0 aromatic heterocycles. The SMILES string of the molecule is COc1ccc(C)cc1C(C)NC(=O)NC(CC(=O)OC(C)C)c1ccccc1[N+](=O)[O-]. The summed E-state index contributed by atoms with van der Waals surface area (Å²) in [7, 11) is 1.55. The molecule has 2 unspecified atom stereocenters. The summed E-state index contributed by atoms with van der Waals surface area (Å²) in [6, 6.07) is 9.66. The molecule has 0 fully saturated rings. The molecule has 0 saturated heterocycles. The Kier molecular flexibility index (Phi) is 8.57. The van der Waals surface area contributed by atoms with Crippen LogP contribution in [0.2, 0.25) is 0 Å². The van der Waals surface area contributed by atoms with Gasteiger partial charge in [-0.2, -0.15) is 0 Å². The van der Waals surface area contributed by atoms with E-state index in [0.717, 1.165) is 11.1 Å². The second-order valence-electron chi connectivity index (χ2n) is 7.70. The van der Waals surface area contributed by atoms with E-state index < -0.39 is 29.0 Å². The smallest absolute Gasteiger partial charge is 0.315 e. The number of methoxy groups -OCH3 is 1. The number of ether oxygens (including phenoxy) is 2. The van der Waals surface area contributed by atoms with Crippen LogP contribution in [-0.2, 0) is 9.53 Å². The Labute approximate surface area is 187 Å². The van der Waals surface area contributed by atoms with Crippen LogP contribution in [-0.4, -0.2) is 30.1 Å². The third-order valence-electron chi connectivity index (χ3n) is 4.75. The number of carbonyl (C=O) groups excluding carboxylic acids is 2. The van der Waals surface area contributed by atoms with E-state index in [4.69, 9.17) is 9.47 Å². The fourth-order valence-corrected chi connectivity index (χ4v) is 3.33. The predicted molar refractivity (Wildman–Crippen MR) is 119 cm³/mol. The molecule has 2 N–H and O–H groups in total. The number of aryl methyl sites for hydroxylation is 1. The van der Waals surface area contributed by atoms with E-state index in [-0.39, 0.29) is 23.8 Å². The minimum atomic E-state index is -0.950. The molecule has 0 radical (unpaired) electrons. The van der Waals surface area contributed by atoms with Crippen molar-refractivity contribution in [3.05, 3.63) is 69.3 Å². The van der Waals surface area contributed by atoms with Gasteiger partial charge in [-0.1, -0.05) is 35.9 Å². The number of hydrogen-bond acceptors (Lipinski definition) is 6. The van der Waals surface area contributed by atoms with Gasteiger partial charge in [0.05, 0.1) is 42.2 Å². The number of para-hydroxylation sites is 1. The van der Waals surface area contributed by atoms with Crippen LogP contribution in [0.1, 0.15) is 56.0 Å². The summed E-state index contributed by atoms with van der Waals surface area (Å²) in [5.74, 6) is 0.0519. The Morgan fingerprint density at radius 2 is 1.75 bits per heavy atom. The monoisotopic (exact) mass is 443 g/mol. The minimum absolute atomic E-state index is 0.191. The summed E-state index contributed by atoms with van der Waals surface area (Å²) in [4.78, 5) is 36.0. The topological polar surface area (TPSA) is 120 Å². The van der Waals surface area contributed by atoms with E-state index in [0.29, 0.717) is 5.75 Å². The van der Waals surface area contributed by atoms with Crippen molar-refractivity contribution in [3.63, 3.8) is 0 Å². The maximum atomic E-state index is 12.8. The fraction of sp³-hybridized carbons (Fsp3) is 0.391. The molecule has 2 aromatic rings. The van der Waals surface area contributed by atoms with Gasteiger partial charge in [0.25, 0.3) is 5.69 Å². The first-order valence-electron chi connectivity index (χ1n) is 10.3. The Hall–Kier alpha value is -3.62. The van der Waals surface area contributed by atoms with Crippen LogP contribution in [0.5, 0.6) is 5.75 Å². The lowest BCUT2D eigenvalue weighted by Crippen LogP contribution is -2.40. The van der Waals surface area contributed by atoms with Crippen molar-refractivity contribution in [2.45, 2.75) is 52.3 Å². The highest BCUT2D eigenvalue weighted by Gasteiger charge is 2.27. The summed E-state index contributed by atoms with van der Waals surface area (Å²) >= 11 is 0. The van der Waals surface area contributed by atoms with Crippen LogP contribution < -0.4 is 15.4 Å². The van der Waals surface area contributed by atoms with Crippen molar-refractivity contribution in [1.82, 2.24) is 10.6 Å². The molecule has 2 atom stereocenters. The van der Waals surface area contributed by atoms with E-state index in [1.807, 2.05) is 25.1 Å². The number of nitrogens with one attached hydrogen (secondary N) is 2. The lowest BCUT2D eigenvalue weighted by atomic mass is 10.0. The molecule has 172 valence electrons. The molecule has 9 nitrogen and oxygen atoms in total. The number of esters is 1. The number of amides is 2. The Morgan fingerprint density at radius 1 is 1.06 bits per heavy atom. The van der Waals surface area contributed by atoms with Crippen LogP contribution in [0.3, 0.4) is 0 Å². The molecule has 2 rings (SSSR count). The van der Waals surface area contributed by atoms with Gasteiger partial charge in [0.2, 0.25) is 0 Å². The van der Waals surface area contributed by atoms with Crippen molar-refractivity contribution < 1.29 is 24.0 Å². The predicted octanol–water partition coefficient (Wildman–Crippen LogP) is 4.36. The normalized spacial score (nSPS) is 12.6. The maximum Gasteiger partial charge on any atom is 0.315 e. The van der Waals surface area contributed by atoms with Crippen molar-refractivity contribution in [1.29, 1.82) is 0 Å². The lowest BCUT2D eigenvalue weighted by molar-refractivity contribution is -0.385. The number of benzene rings is 2. The number of hydrogen-bond donors (Lipinski definition) is 2. The van der Waals surface area contributed by atoms with E-state index in [1.54, 1.807) is 33.9 Å². The summed E-state index contributed by atoms with van der Waals surface area (Å²) < 4.78 is 10.6. The molecule has 0 heterocycles. The van der Waals surface area contributed by atoms with Gasteiger partial charge in [-0.05, 0) is 33.8 Å². The third-order valence-corrected chi connectivity index (χ3v) is 4.75. The summed E-state index contributed by atoms with van der Waals surface area (Å²) in [5, 5.41) is 17.0. The second-order valence-corrected chi connectivity index (χ2v) is 7.70. The Balaban J connectivity index is 2.25. The standard InChI is InChI=1S/C23H29N3O6/c1-14(2)32-22(27)13-19(17-8-6-7-9-20(17)26(29)30)25-23(28)24-16(4)18-12-15(3)10-11-21(18)31-5/h6-12,14,16,19H,13H2,1-5H3,(H2,24,25,28). The lowest BCUT2D eigenvalue weighted by Gasteiger charge is -2.22. The van der Waals surface area contributed by atoms with Gasteiger partial charge in [-0.15, -0.1) is 0 Å². The largest absolute Gasteiger partial charge is 0.496 e. The zero-order chi connectivity index (χ0) is 23.8. The highest BCUT2D eigenvalue weighted by Crippen LogP contribution is 2.29. The summed E-state index contributed by atoms with van der Waals surface area (Å²) in [6.45, 7) is 7.13. The molecule has 0 spiro atoms. The van der Waals surface area contributed by atoms with Crippen molar-refractivity contribution in [3.8, 4) is 5.75 Å². The van der Waals surface area contributed by atoms with Gasteiger partial charge in [-0.25, -0.2) is 4.79 Å². The number of nitro benzene ring substituents is 1. The van der Waals surface area contributed by atoms with E-state index in [9.17, 15) is 19.7 Å². The summed E-state index contributed by atoms with van der Waals surface area (Å²) in [5.41, 5.74) is 1.81. The highest BCUT2D eigenvalue weighted by atomic mass is 16.6. The maximum absolute atomic E-state index is 12.8. The van der Waals surface area contributed by atoms with Crippen LogP contribution in [0.4, 0.5) is 10.5 Å². The number of nitro groups is 1. The van der Waals surface area contributed by atoms with Gasteiger partial charge in [0, 0.05) is 11.6 Å². The van der Waals surface area contributed by atoms with Gasteiger partial charge in [-0.3, -0.25) is 14.9 Å². The van der Waals surface area contributed by atoms with Gasteiger partial charge < -0.3 is 20.1 Å². The average Bonchev–Trinajstić information content (AvgIpc) is 2.72. The van der Waals surface area contributed by atoms with Crippen molar-refractivity contribution >= 4 is 17.7 Å². The average molecular weight is 444 g/mol. The molecule has 0 bridgehead atoms. The molecular formula is C23H29N3O6. The highest BCUT2D eigenvalue weighted by molar-refractivity contribution is 5.77. The first-order valence-corrected chi connectivity index (χ1v) is 10.3. The van der Waals surface area contributed by atoms with Crippen molar-refractivity contribution in [2.75, 3.05) is 7.11 Å². The quantitative estimate of drug-likeness (QED) is 0.338. The minimum Gasteiger partial charge on any atom is -0.496 e. The zero-order valence-electron chi connectivity index (χ0n) is 18.9. The molecule has 2 aromatic carbocycles. The van der Waals surface area contributed by atoms with Crippen molar-refractivity contribution in [2.24, 2.45) is 0 Å². The molecule has 0 aliphatic carbocycles. The number of nitrogens with zero attached hydrogens (tertiary/aromatic N) is 1. The van der Waals surface area contributed by atoms with E-state index in [2.05, 4.69) is 10.6 Å². The van der Waals surface area contributed by atoms with Crippen LogP contribution >= 0.6 is 0 Å². The number of urea groups is 1. The van der Waals surface area contributed by atoms with Crippen LogP contribution in [0.25, 0.3) is 0 Å². The Bertz CT molecular complexity index is 976. The van der Waals surface area contributed by atoms with Gasteiger partial charge in [0.1, 0.15) is 5.75 Å². The van der Waals surface area contributed by atoms with E-state index in [1.165, 1.54) is 18.2 Å². The number of rotatable bonds is 9. The molecule has 0 aliphatic heterocycles. The van der Waals surface area contributed by atoms with Gasteiger partial charge in [0.15, 0.2) is 0 Å².